The van der Waals surface area contributed by atoms with E-state index >= 15 is 0 Å². The quantitative estimate of drug-likeness (QED) is 0.864. The molecule has 1 aromatic heterocycles. The number of carboxylic acid groups (broad SMARTS) is 1. The summed E-state index contributed by atoms with van der Waals surface area (Å²) in [4.78, 5) is 27.2. The first-order valence-corrected chi connectivity index (χ1v) is 7.52. The molecule has 0 bridgehead atoms. The highest BCUT2D eigenvalue weighted by Crippen LogP contribution is 2.44. The molecule has 1 aromatic rings. The van der Waals surface area contributed by atoms with Crippen LogP contribution in [0.4, 0.5) is 0 Å². The Morgan fingerprint density at radius 1 is 1.50 bits per heavy atom. The molecule has 110 valence electrons. The van der Waals surface area contributed by atoms with Gasteiger partial charge >= 0.3 is 5.97 Å². The van der Waals surface area contributed by atoms with Crippen LogP contribution in [0.2, 0.25) is 0 Å². The molecular weight excluding hydrogens is 278 g/mol. The number of carboxylic acids is 1. The second-order valence-electron chi connectivity index (χ2n) is 5.46. The van der Waals surface area contributed by atoms with E-state index in [1.165, 1.54) is 6.92 Å². The number of methoxy groups -OCH3 is 1. The van der Waals surface area contributed by atoms with Gasteiger partial charge in [-0.2, -0.15) is 0 Å². The number of hydrogen-bond donors (Lipinski definition) is 1. The van der Waals surface area contributed by atoms with Gasteiger partial charge in [0.25, 0.3) is 0 Å². The Bertz CT molecular complexity index is 508. The number of thiazole rings is 1. The molecule has 0 radical (unpaired) electrons. The number of carbonyl (C=O) groups is 2. The van der Waals surface area contributed by atoms with Gasteiger partial charge in [-0.25, -0.2) is 9.78 Å². The van der Waals surface area contributed by atoms with Crippen LogP contribution in [-0.2, 0) is 10.3 Å². The molecular formula is C14H19NO4S. The van der Waals surface area contributed by atoms with E-state index < -0.39 is 11.6 Å². The van der Waals surface area contributed by atoms with Gasteiger partial charge in [-0.3, -0.25) is 4.79 Å². The van der Waals surface area contributed by atoms with Crippen molar-refractivity contribution < 1.29 is 19.4 Å². The third-order valence-corrected chi connectivity index (χ3v) is 5.23. The monoisotopic (exact) mass is 297 g/mol. The van der Waals surface area contributed by atoms with Gasteiger partial charge in [-0.1, -0.05) is 13.3 Å². The molecule has 5 nitrogen and oxygen atoms in total. The van der Waals surface area contributed by atoms with Crippen molar-refractivity contribution in [3.63, 3.8) is 0 Å². The molecule has 1 fully saturated rings. The molecule has 1 aliphatic rings. The molecule has 2 unspecified atom stereocenters. The average Bonchev–Trinajstić information content (AvgIpc) is 2.84. The highest BCUT2D eigenvalue weighted by molar-refractivity contribution is 7.14. The van der Waals surface area contributed by atoms with Crippen LogP contribution in [0.5, 0.6) is 0 Å². The van der Waals surface area contributed by atoms with E-state index in [-0.39, 0.29) is 16.4 Å². The maximum Gasteiger partial charge on any atom is 0.356 e. The highest BCUT2D eigenvalue weighted by Gasteiger charge is 2.41. The SMILES string of the molecule is COC1(c2nc(C(=O)O)c(C(C)=O)s2)CCCC(C)C1. The van der Waals surface area contributed by atoms with E-state index in [4.69, 9.17) is 4.74 Å². The van der Waals surface area contributed by atoms with Gasteiger partial charge in [-0.05, 0) is 25.2 Å². The van der Waals surface area contributed by atoms with Crippen LogP contribution in [-0.4, -0.2) is 29.0 Å². The van der Waals surface area contributed by atoms with Gasteiger partial charge in [-0.15, -0.1) is 11.3 Å². The molecule has 1 aliphatic carbocycles. The van der Waals surface area contributed by atoms with Gasteiger partial charge in [0.05, 0.1) is 0 Å². The Morgan fingerprint density at radius 3 is 2.65 bits per heavy atom. The van der Waals surface area contributed by atoms with Crippen molar-refractivity contribution in [2.24, 2.45) is 5.92 Å². The molecule has 0 amide bonds. The molecule has 0 spiro atoms. The topological polar surface area (TPSA) is 76.5 Å². The molecule has 6 heteroatoms. The summed E-state index contributed by atoms with van der Waals surface area (Å²) in [6, 6.07) is 0. The zero-order chi connectivity index (χ0) is 14.9. The predicted octanol–water partition coefficient (Wildman–Crippen LogP) is 3.10. The standard InChI is InChI=1S/C14H19NO4S/c1-8-5-4-6-14(7-8,19-3)13-15-10(12(17)18)11(20-13)9(2)16/h8H,4-7H2,1-3H3,(H,17,18). The Labute approximate surface area is 122 Å². The number of carbonyl (C=O) groups excluding carboxylic acids is 1. The highest BCUT2D eigenvalue weighted by atomic mass is 32.1. The van der Waals surface area contributed by atoms with Crippen molar-refractivity contribution >= 4 is 23.1 Å². The van der Waals surface area contributed by atoms with Crippen molar-refractivity contribution in [3.05, 3.63) is 15.6 Å². The van der Waals surface area contributed by atoms with Gasteiger partial charge in [0, 0.05) is 14.0 Å². The number of ether oxygens (including phenoxy) is 1. The molecule has 0 aliphatic heterocycles. The van der Waals surface area contributed by atoms with Crippen molar-refractivity contribution in [1.82, 2.24) is 4.98 Å². The minimum atomic E-state index is -1.16. The fraction of sp³-hybridized carbons (Fsp3) is 0.643. The number of nitrogens with zero attached hydrogens (tertiary/aromatic N) is 1. The number of hydrogen-bond acceptors (Lipinski definition) is 5. The summed E-state index contributed by atoms with van der Waals surface area (Å²) < 4.78 is 5.71. The maximum absolute atomic E-state index is 11.6. The summed E-state index contributed by atoms with van der Waals surface area (Å²) in [6.07, 6.45) is 3.79. The van der Waals surface area contributed by atoms with Crippen LogP contribution in [0.25, 0.3) is 0 Å². The van der Waals surface area contributed by atoms with Crippen LogP contribution >= 0.6 is 11.3 Å². The third-order valence-electron chi connectivity index (χ3n) is 3.89. The second-order valence-corrected chi connectivity index (χ2v) is 6.46. The number of ketones is 1. The van der Waals surface area contributed by atoms with Crippen molar-refractivity contribution in [1.29, 1.82) is 0 Å². The van der Waals surface area contributed by atoms with Crippen LogP contribution in [0.1, 0.15) is 64.7 Å². The summed E-state index contributed by atoms with van der Waals surface area (Å²) in [5, 5.41) is 9.81. The van der Waals surface area contributed by atoms with Crippen LogP contribution in [0.3, 0.4) is 0 Å². The van der Waals surface area contributed by atoms with Crippen LogP contribution < -0.4 is 0 Å². The Morgan fingerprint density at radius 2 is 2.20 bits per heavy atom. The second kappa shape index (κ2) is 5.61. The lowest BCUT2D eigenvalue weighted by molar-refractivity contribution is -0.0581. The van der Waals surface area contributed by atoms with E-state index in [1.807, 2.05) is 0 Å². The molecule has 20 heavy (non-hydrogen) atoms. The lowest BCUT2D eigenvalue weighted by Gasteiger charge is -2.37. The van der Waals surface area contributed by atoms with E-state index in [0.29, 0.717) is 10.9 Å². The first-order valence-electron chi connectivity index (χ1n) is 6.70. The zero-order valence-corrected chi connectivity index (χ0v) is 12.7. The normalized spacial score (nSPS) is 26.4. The summed E-state index contributed by atoms with van der Waals surface area (Å²) in [5.74, 6) is -0.921. The van der Waals surface area contributed by atoms with Gasteiger partial charge < -0.3 is 9.84 Å². The van der Waals surface area contributed by atoms with E-state index in [2.05, 4.69) is 11.9 Å². The number of aromatic carboxylic acids is 1. The lowest BCUT2D eigenvalue weighted by atomic mass is 9.79. The lowest BCUT2D eigenvalue weighted by Crippen LogP contribution is -2.34. The largest absolute Gasteiger partial charge is 0.476 e. The van der Waals surface area contributed by atoms with Crippen molar-refractivity contribution in [3.8, 4) is 0 Å². The molecule has 1 saturated carbocycles. The Kier molecular flexibility index (Phi) is 4.25. The number of aromatic nitrogens is 1. The Balaban J connectivity index is 2.47. The third kappa shape index (κ3) is 2.62. The van der Waals surface area contributed by atoms with E-state index in [1.54, 1.807) is 7.11 Å². The van der Waals surface area contributed by atoms with Gasteiger partial charge in [0.1, 0.15) is 15.5 Å². The molecule has 0 saturated heterocycles. The molecule has 2 atom stereocenters. The van der Waals surface area contributed by atoms with Crippen molar-refractivity contribution in [2.75, 3.05) is 7.11 Å². The average molecular weight is 297 g/mol. The number of rotatable bonds is 4. The summed E-state index contributed by atoms with van der Waals surface area (Å²) in [6.45, 7) is 3.53. The zero-order valence-electron chi connectivity index (χ0n) is 11.9. The van der Waals surface area contributed by atoms with Crippen molar-refractivity contribution in [2.45, 2.75) is 45.1 Å². The summed E-state index contributed by atoms with van der Waals surface area (Å²) in [5.41, 5.74) is -0.688. The fourth-order valence-corrected chi connectivity index (χ4v) is 4.03. The molecule has 1 N–H and O–H groups in total. The smallest absolute Gasteiger partial charge is 0.356 e. The van der Waals surface area contributed by atoms with Crippen LogP contribution in [0.15, 0.2) is 0 Å². The van der Waals surface area contributed by atoms with E-state index in [9.17, 15) is 14.7 Å². The number of Topliss-reactive ketones (excluding diaryl/α,β-unsaturated/α-hetero) is 1. The molecule has 1 heterocycles. The first kappa shape index (κ1) is 15.1. The summed E-state index contributed by atoms with van der Waals surface area (Å²) >= 11 is 1.16. The van der Waals surface area contributed by atoms with E-state index in [0.717, 1.165) is 37.0 Å². The van der Waals surface area contributed by atoms with Crippen LogP contribution in [0, 0.1) is 5.92 Å². The maximum atomic E-state index is 11.6. The first-order chi connectivity index (χ1) is 9.39. The van der Waals surface area contributed by atoms with Gasteiger partial charge in [0.2, 0.25) is 0 Å². The summed E-state index contributed by atoms with van der Waals surface area (Å²) in [7, 11) is 1.63. The molecule has 0 aromatic carbocycles. The fourth-order valence-electron chi connectivity index (χ4n) is 2.87. The minimum Gasteiger partial charge on any atom is -0.476 e. The Hall–Kier alpha value is -1.27. The van der Waals surface area contributed by atoms with Gasteiger partial charge in [0.15, 0.2) is 11.5 Å². The molecule has 2 rings (SSSR count). The minimum absolute atomic E-state index is 0.146. The predicted molar refractivity (Wildman–Crippen MR) is 75.4 cm³/mol.